The van der Waals surface area contributed by atoms with E-state index in [1.165, 1.54) is 31.2 Å². The standard InChI is InChI=1S/C20H20F3NO4/c1-3-4-11-27-20(26)13-5-7-14(8-6-13)28-12(2)19(25)24-16-10-9-15(21)17(22)18(16)23/h5-10,12H,3-4,11H2,1-2H3,(H,24,25)/t12-/m0/s1. The largest absolute Gasteiger partial charge is 0.481 e. The van der Waals surface area contributed by atoms with Gasteiger partial charge in [0.05, 0.1) is 17.9 Å². The Morgan fingerprint density at radius 2 is 1.71 bits per heavy atom. The van der Waals surface area contributed by atoms with Crippen LogP contribution in [0.15, 0.2) is 36.4 Å². The highest BCUT2D eigenvalue weighted by Gasteiger charge is 2.20. The summed E-state index contributed by atoms with van der Waals surface area (Å²) < 4.78 is 50.3. The van der Waals surface area contributed by atoms with Gasteiger partial charge in [-0.3, -0.25) is 4.79 Å². The highest BCUT2D eigenvalue weighted by atomic mass is 19.2. The molecule has 1 N–H and O–H groups in total. The van der Waals surface area contributed by atoms with Crippen molar-refractivity contribution in [2.24, 2.45) is 0 Å². The van der Waals surface area contributed by atoms with Crippen LogP contribution >= 0.6 is 0 Å². The average molecular weight is 395 g/mol. The zero-order valence-corrected chi connectivity index (χ0v) is 15.4. The molecule has 0 radical (unpaired) electrons. The highest BCUT2D eigenvalue weighted by Crippen LogP contribution is 2.20. The number of carbonyl (C=O) groups is 2. The lowest BCUT2D eigenvalue weighted by molar-refractivity contribution is -0.122. The minimum atomic E-state index is -1.67. The molecule has 0 unspecified atom stereocenters. The summed E-state index contributed by atoms with van der Waals surface area (Å²) in [5.74, 6) is -5.45. The van der Waals surface area contributed by atoms with E-state index in [1.54, 1.807) is 0 Å². The van der Waals surface area contributed by atoms with E-state index in [4.69, 9.17) is 9.47 Å². The maximum absolute atomic E-state index is 13.6. The van der Waals surface area contributed by atoms with Crippen LogP contribution in [0.2, 0.25) is 0 Å². The van der Waals surface area contributed by atoms with Crippen molar-refractivity contribution in [3.8, 4) is 5.75 Å². The van der Waals surface area contributed by atoms with E-state index in [0.717, 1.165) is 18.9 Å². The first-order valence-electron chi connectivity index (χ1n) is 8.71. The van der Waals surface area contributed by atoms with Crippen molar-refractivity contribution in [3.63, 3.8) is 0 Å². The number of halogens is 3. The fourth-order valence-electron chi connectivity index (χ4n) is 2.18. The SMILES string of the molecule is CCCCOC(=O)c1ccc(O[C@@H](C)C(=O)Nc2ccc(F)c(F)c2F)cc1. The van der Waals surface area contributed by atoms with E-state index in [9.17, 15) is 22.8 Å². The van der Waals surface area contributed by atoms with Gasteiger partial charge < -0.3 is 14.8 Å². The Kier molecular flexibility index (Phi) is 7.43. The van der Waals surface area contributed by atoms with Crippen LogP contribution in [0.3, 0.4) is 0 Å². The van der Waals surface area contributed by atoms with Crippen molar-refractivity contribution >= 4 is 17.6 Å². The molecule has 8 heteroatoms. The number of benzene rings is 2. The Labute approximate surface area is 160 Å². The lowest BCUT2D eigenvalue weighted by Gasteiger charge is -2.15. The molecule has 2 rings (SSSR count). The Morgan fingerprint density at radius 3 is 2.36 bits per heavy atom. The summed E-state index contributed by atoms with van der Waals surface area (Å²) in [6, 6.07) is 7.57. The smallest absolute Gasteiger partial charge is 0.338 e. The van der Waals surface area contributed by atoms with E-state index < -0.39 is 41.1 Å². The maximum atomic E-state index is 13.6. The van der Waals surface area contributed by atoms with Gasteiger partial charge in [0.25, 0.3) is 5.91 Å². The van der Waals surface area contributed by atoms with E-state index >= 15 is 0 Å². The molecule has 0 bridgehead atoms. The number of unbranched alkanes of at least 4 members (excludes halogenated alkanes) is 1. The number of hydrogen-bond donors (Lipinski definition) is 1. The second-order valence-corrected chi connectivity index (χ2v) is 5.99. The molecular formula is C20H20F3NO4. The molecule has 28 heavy (non-hydrogen) atoms. The number of ether oxygens (including phenoxy) is 2. The second-order valence-electron chi connectivity index (χ2n) is 5.99. The molecule has 0 aliphatic rings. The summed E-state index contributed by atoms with van der Waals surface area (Å²) in [6.45, 7) is 3.73. The first kappa shape index (κ1) is 21.3. The van der Waals surface area contributed by atoms with Gasteiger partial charge in [-0.25, -0.2) is 18.0 Å². The Morgan fingerprint density at radius 1 is 1.04 bits per heavy atom. The molecule has 0 aromatic heterocycles. The third-order valence-corrected chi connectivity index (χ3v) is 3.80. The molecule has 0 saturated heterocycles. The molecule has 0 aliphatic heterocycles. The van der Waals surface area contributed by atoms with Crippen LogP contribution in [-0.4, -0.2) is 24.6 Å². The van der Waals surface area contributed by atoms with E-state index in [2.05, 4.69) is 5.32 Å². The number of rotatable bonds is 8. The van der Waals surface area contributed by atoms with Gasteiger partial charge in [0.2, 0.25) is 0 Å². The Bertz CT molecular complexity index is 840. The van der Waals surface area contributed by atoms with Crippen LogP contribution in [0.25, 0.3) is 0 Å². The summed E-state index contributed by atoms with van der Waals surface area (Å²) in [7, 11) is 0. The summed E-state index contributed by atoms with van der Waals surface area (Å²) in [4.78, 5) is 23.9. The van der Waals surface area contributed by atoms with Gasteiger partial charge in [-0.15, -0.1) is 0 Å². The third-order valence-electron chi connectivity index (χ3n) is 3.80. The van der Waals surface area contributed by atoms with Gasteiger partial charge in [0.15, 0.2) is 23.6 Å². The molecule has 150 valence electrons. The van der Waals surface area contributed by atoms with Crippen LogP contribution in [-0.2, 0) is 9.53 Å². The summed E-state index contributed by atoms with van der Waals surface area (Å²) >= 11 is 0. The summed E-state index contributed by atoms with van der Waals surface area (Å²) in [5, 5.41) is 2.14. The van der Waals surface area contributed by atoms with Crippen molar-refractivity contribution in [3.05, 3.63) is 59.4 Å². The van der Waals surface area contributed by atoms with Crippen LogP contribution in [0.4, 0.5) is 18.9 Å². The molecule has 5 nitrogen and oxygen atoms in total. The number of hydrogen-bond acceptors (Lipinski definition) is 4. The van der Waals surface area contributed by atoms with Gasteiger partial charge in [-0.2, -0.15) is 0 Å². The first-order chi connectivity index (χ1) is 13.3. The first-order valence-corrected chi connectivity index (χ1v) is 8.71. The number of anilines is 1. The molecular weight excluding hydrogens is 375 g/mol. The quantitative estimate of drug-likeness (QED) is 0.407. The van der Waals surface area contributed by atoms with Crippen molar-refractivity contribution in [2.45, 2.75) is 32.8 Å². The van der Waals surface area contributed by atoms with E-state index in [-0.39, 0.29) is 0 Å². The second kappa shape index (κ2) is 9.77. The zero-order valence-electron chi connectivity index (χ0n) is 15.4. The number of amides is 1. The Balaban J connectivity index is 1.95. The molecule has 2 aromatic rings. The van der Waals surface area contributed by atoms with Gasteiger partial charge >= 0.3 is 5.97 Å². The number of esters is 1. The number of nitrogens with one attached hydrogen (secondary N) is 1. The van der Waals surface area contributed by atoms with Crippen molar-refractivity contribution in [1.29, 1.82) is 0 Å². The van der Waals surface area contributed by atoms with Crippen LogP contribution in [0.1, 0.15) is 37.0 Å². The van der Waals surface area contributed by atoms with Crippen molar-refractivity contribution < 1.29 is 32.2 Å². The van der Waals surface area contributed by atoms with E-state index in [0.29, 0.717) is 24.0 Å². The summed E-state index contributed by atoms with van der Waals surface area (Å²) in [5.41, 5.74) is -0.158. The minimum absolute atomic E-state index is 0.290. The van der Waals surface area contributed by atoms with Crippen molar-refractivity contribution in [2.75, 3.05) is 11.9 Å². The van der Waals surface area contributed by atoms with Gasteiger partial charge in [0.1, 0.15) is 5.75 Å². The fraction of sp³-hybridized carbons (Fsp3) is 0.300. The van der Waals surface area contributed by atoms with Crippen molar-refractivity contribution in [1.82, 2.24) is 0 Å². The lowest BCUT2D eigenvalue weighted by atomic mass is 10.2. The lowest BCUT2D eigenvalue weighted by Crippen LogP contribution is -2.30. The molecule has 0 spiro atoms. The predicted molar refractivity (Wildman–Crippen MR) is 96.7 cm³/mol. The molecule has 0 saturated carbocycles. The monoisotopic (exact) mass is 395 g/mol. The molecule has 0 aliphatic carbocycles. The molecule has 1 amide bonds. The normalized spacial score (nSPS) is 11.6. The maximum Gasteiger partial charge on any atom is 0.338 e. The topological polar surface area (TPSA) is 64.6 Å². The highest BCUT2D eigenvalue weighted by molar-refractivity contribution is 5.94. The van der Waals surface area contributed by atoms with Crippen LogP contribution in [0.5, 0.6) is 5.75 Å². The molecule has 2 aromatic carbocycles. The molecule has 0 fully saturated rings. The zero-order chi connectivity index (χ0) is 20.7. The van der Waals surface area contributed by atoms with Gasteiger partial charge in [-0.05, 0) is 49.7 Å². The fourth-order valence-corrected chi connectivity index (χ4v) is 2.18. The van der Waals surface area contributed by atoms with Gasteiger partial charge in [0, 0.05) is 0 Å². The third kappa shape index (κ3) is 5.48. The molecule has 1 atom stereocenters. The van der Waals surface area contributed by atoms with E-state index in [1.807, 2.05) is 6.92 Å². The van der Waals surface area contributed by atoms with Crippen LogP contribution in [0, 0.1) is 17.5 Å². The van der Waals surface area contributed by atoms with Crippen LogP contribution < -0.4 is 10.1 Å². The minimum Gasteiger partial charge on any atom is -0.481 e. The van der Waals surface area contributed by atoms with Gasteiger partial charge in [-0.1, -0.05) is 13.3 Å². The average Bonchev–Trinajstić information content (AvgIpc) is 2.69. The number of carbonyl (C=O) groups excluding carboxylic acids is 2. The molecule has 0 heterocycles. The predicted octanol–water partition coefficient (Wildman–Crippen LogP) is 4.47. The Hall–Kier alpha value is -3.03. The summed E-state index contributed by atoms with van der Waals surface area (Å²) in [6.07, 6.45) is 0.627.